The summed E-state index contributed by atoms with van der Waals surface area (Å²) in [5.74, 6) is 0.339. The summed E-state index contributed by atoms with van der Waals surface area (Å²) in [7, 11) is 0. The van der Waals surface area contributed by atoms with Crippen LogP contribution in [0.5, 0.6) is 0 Å². The average Bonchev–Trinajstić information content (AvgIpc) is 2.65. The van der Waals surface area contributed by atoms with Crippen molar-refractivity contribution in [3.8, 4) is 0 Å². The van der Waals surface area contributed by atoms with Gasteiger partial charge in [-0.15, -0.1) is 11.3 Å². The predicted molar refractivity (Wildman–Crippen MR) is 61.4 cm³/mol. The van der Waals surface area contributed by atoms with E-state index < -0.39 is 0 Å². The van der Waals surface area contributed by atoms with Crippen molar-refractivity contribution >= 4 is 23.0 Å². The normalized spacial score (nSPS) is 16.6. The van der Waals surface area contributed by atoms with E-state index in [9.17, 15) is 9.59 Å². The molecular weight excluding hydrogens is 224 g/mol. The summed E-state index contributed by atoms with van der Waals surface area (Å²) in [5.41, 5.74) is 0.837. The summed E-state index contributed by atoms with van der Waals surface area (Å²) in [6.45, 7) is 3.07. The van der Waals surface area contributed by atoms with Gasteiger partial charge in [0.25, 0.3) is 0 Å². The first-order chi connectivity index (χ1) is 7.65. The fourth-order valence-corrected chi connectivity index (χ4v) is 2.37. The first-order valence-corrected chi connectivity index (χ1v) is 6.23. The second-order valence-corrected chi connectivity index (χ2v) is 5.02. The molecule has 2 heterocycles. The fraction of sp³-hybridized carbons (Fsp3) is 0.545. The van der Waals surface area contributed by atoms with Crippen LogP contribution in [0.1, 0.15) is 23.5 Å². The SMILES string of the molecule is Cc1nc(CC(=O)N2CCC(=O)CC2)cs1. The Kier molecular flexibility index (Phi) is 3.33. The Bertz CT molecular complexity index is 404. The van der Waals surface area contributed by atoms with Crippen LogP contribution < -0.4 is 0 Å². The lowest BCUT2D eigenvalue weighted by Crippen LogP contribution is -2.39. The molecule has 0 N–H and O–H groups in total. The third-order valence-corrected chi connectivity index (χ3v) is 3.50. The fourth-order valence-electron chi connectivity index (χ4n) is 1.76. The van der Waals surface area contributed by atoms with Crippen LogP contribution in [-0.2, 0) is 16.0 Å². The van der Waals surface area contributed by atoms with Gasteiger partial charge >= 0.3 is 0 Å². The topological polar surface area (TPSA) is 50.3 Å². The number of aromatic nitrogens is 1. The van der Waals surface area contributed by atoms with Gasteiger partial charge in [0.05, 0.1) is 17.1 Å². The molecule has 0 radical (unpaired) electrons. The Morgan fingerprint density at radius 1 is 1.50 bits per heavy atom. The minimum Gasteiger partial charge on any atom is -0.341 e. The summed E-state index contributed by atoms with van der Waals surface area (Å²) in [5, 5.41) is 2.90. The smallest absolute Gasteiger partial charge is 0.228 e. The van der Waals surface area contributed by atoms with Gasteiger partial charge in [0.15, 0.2) is 0 Å². The summed E-state index contributed by atoms with van der Waals surface area (Å²) >= 11 is 1.56. The zero-order valence-corrected chi connectivity index (χ0v) is 10.0. The van der Waals surface area contributed by atoms with Crippen molar-refractivity contribution < 1.29 is 9.59 Å². The number of amides is 1. The maximum Gasteiger partial charge on any atom is 0.228 e. The summed E-state index contributed by atoms with van der Waals surface area (Å²) in [6.07, 6.45) is 1.36. The van der Waals surface area contributed by atoms with Crippen LogP contribution in [0.3, 0.4) is 0 Å². The molecule has 1 aromatic heterocycles. The molecule has 2 rings (SSSR count). The lowest BCUT2D eigenvalue weighted by molar-refractivity contribution is -0.133. The van der Waals surface area contributed by atoms with E-state index in [2.05, 4.69) is 4.98 Å². The van der Waals surface area contributed by atoms with E-state index in [0.29, 0.717) is 32.4 Å². The van der Waals surface area contributed by atoms with Gasteiger partial charge in [0, 0.05) is 31.3 Å². The second kappa shape index (κ2) is 4.74. The molecular formula is C11H14N2O2S. The van der Waals surface area contributed by atoms with Crippen LogP contribution in [0.4, 0.5) is 0 Å². The second-order valence-electron chi connectivity index (χ2n) is 3.95. The summed E-state index contributed by atoms with van der Waals surface area (Å²) in [6, 6.07) is 0. The Hall–Kier alpha value is -1.23. The minimum atomic E-state index is 0.0813. The Morgan fingerprint density at radius 2 is 2.19 bits per heavy atom. The number of nitrogens with zero attached hydrogens (tertiary/aromatic N) is 2. The maximum absolute atomic E-state index is 11.9. The monoisotopic (exact) mass is 238 g/mol. The molecule has 16 heavy (non-hydrogen) atoms. The van der Waals surface area contributed by atoms with Gasteiger partial charge in [0.2, 0.25) is 5.91 Å². The van der Waals surface area contributed by atoms with Gasteiger partial charge in [-0.1, -0.05) is 0 Å². The first-order valence-electron chi connectivity index (χ1n) is 5.35. The van der Waals surface area contributed by atoms with Gasteiger partial charge < -0.3 is 4.90 Å². The van der Waals surface area contributed by atoms with Gasteiger partial charge in [-0.2, -0.15) is 0 Å². The lowest BCUT2D eigenvalue weighted by Gasteiger charge is -2.25. The quantitative estimate of drug-likeness (QED) is 0.777. The largest absolute Gasteiger partial charge is 0.341 e. The molecule has 0 saturated carbocycles. The lowest BCUT2D eigenvalue weighted by atomic mass is 10.1. The molecule has 0 spiro atoms. The molecule has 4 nitrogen and oxygen atoms in total. The van der Waals surface area contributed by atoms with Gasteiger partial charge in [0.1, 0.15) is 5.78 Å². The Morgan fingerprint density at radius 3 is 2.75 bits per heavy atom. The van der Waals surface area contributed by atoms with Crippen molar-refractivity contribution in [3.05, 3.63) is 16.1 Å². The number of hydrogen-bond donors (Lipinski definition) is 0. The van der Waals surface area contributed by atoms with Crippen LogP contribution >= 0.6 is 11.3 Å². The highest BCUT2D eigenvalue weighted by Gasteiger charge is 2.21. The number of piperidine rings is 1. The van der Waals surface area contributed by atoms with Crippen LogP contribution in [-0.4, -0.2) is 34.7 Å². The molecule has 86 valence electrons. The zero-order valence-electron chi connectivity index (χ0n) is 9.23. The van der Waals surface area contributed by atoms with E-state index in [-0.39, 0.29) is 11.7 Å². The predicted octanol–water partition coefficient (Wildman–Crippen LogP) is 1.19. The molecule has 1 aromatic rings. The standard InChI is InChI=1S/C11H14N2O2S/c1-8-12-9(7-16-8)6-11(15)13-4-2-10(14)3-5-13/h7H,2-6H2,1H3. The molecule has 0 unspecified atom stereocenters. The summed E-state index contributed by atoms with van der Waals surface area (Å²) < 4.78 is 0. The number of rotatable bonds is 2. The molecule has 1 fully saturated rings. The third kappa shape index (κ3) is 2.66. The Balaban J connectivity index is 1.91. The highest BCUT2D eigenvalue weighted by atomic mass is 32.1. The van der Waals surface area contributed by atoms with E-state index >= 15 is 0 Å². The van der Waals surface area contributed by atoms with Crippen molar-refractivity contribution in [2.24, 2.45) is 0 Å². The zero-order chi connectivity index (χ0) is 11.5. The van der Waals surface area contributed by atoms with Crippen LogP contribution in [0.2, 0.25) is 0 Å². The van der Waals surface area contributed by atoms with E-state index in [1.54, 1.807) is 16.2 Å². The van der Waals surface area contributed by atoms with E-state index in [0.717, 1.165) is 10.7 Å². The molecule has 1 aliphatic heterocycles. The molecule has 0 bridgehead atoms. The summed E-state index contributed by atoms with van der Waals surface area (Å²) in [4.78, 5) is 28.9. The highest BCUT2D eigenvalue weighted by molar-refractivity contribution is 7.09. The number of likely N-dealkylation sites (tertiary alicyclic amines) is 1. The third-order valence-electron chi connectivity index (χ3n) is 2.67. The van der Waals surface area contributed by atoms with E-state index in [4.69, 9.17) is 0 Å². The number of carbonyl (C=O) groups excluding carboxylic acids is 2. The number of ketones is 1. The van der Waals surface area contributed by atoms with Gasteiger partial charge in [-0.3, -0.25) is 9.59 Å². The highest BCUT2D eigenvalue weighted by Crippen LogP contribution is 2.12. The molecule has 0 aromatic carbocycles. The van der Waals surface area contributed by atoms with Crippen molar-refractivity contribution in [1.29, 1.82) is 0 Å². The van der Waals surface area contributed by atoms with Crippen molar-refractivity contribution in [1.82, 2.24) is 9.88 Å². The molecule has 0 aliphatic carbocycles. The van der Waals surface area contributed by atoms with E-state index in [1.807, 2.05) is 12.3 Å². The minimum absolute atomic E-state index is 0.0813. The van der Waals surface area contributed by atoms with Gasteiger partial charge in [-0.25, -0.2) is 4.98 Å². The van der Waals surface area contributed by atoms with E-state index in [1.165, 1.54) is 0 Å². The Labute approximate surface area is 98.3 Å². The molecule has 5 heteroatoms. The number of aryl methyl sites for hydroxylation is 1. The van der Waals surface area contributed by atoms with Crippen LogP contribution in [0.15, 0.2) is 5.38 Å². The molecule has 1 saturated heterocycles. The number of hydrogen-bond acceptors (Lipinski definition) is 4. The number of carbonyl (C=O) groups is 2. The van der Waals surface area contributed by atoms with Crippen molar-refractivity contribution in [3.63, 3.8) is 0 Å². The van der Waals surface area contributed by atoms with Crippen molar-refractivity contribution in [2.75, 3.05) is 13.1 Å². The number of thiazole rings is 1. The maximum atomic E-state index is 11.9. The molecule has 1 aliphatic rings. The molecule has 1 amide bonds. The van der Waals surface area contributed by atoms with Gasteiger partial charge in [-0.05, 0) is 6.92 Å². The van der Waals surface area contributed by atoms with Crippen LogP contribution in [0, 0.1) is 6.92 Å². The average molecular weight is 238 g/mol. The molecule has 0 atom stereocenters. The number of Topliss-reactive ketones (excluding diaryl/α,β-unsaturated/α-hetero) is 1. The van der Waals surface area contributed by atoms with Crippen LogP contribution in [0.25, 0.3) is 0 Å². The first kappa shape index (κ1) is 11.3. The van der Waals surface area contributed by atoms with Crippen molar-refractivity contribution in [2.45, 2.75) is 26.2 Å².